The first-order chi connectivity index (χ1) is 9.22. The van der Waals surface area contributed by atoms with E-state index in [2.05, 4.69) is 24.1 Å². The van der Waals surface area contributed by atoms with E-state index in [0.29, 0.717) is 11.6 Å². The molecular formula is C16H32N2O. The lowest BCUT2D eigenvalue weighted by Gasteiger charge is -2.49. The average Bonchev–Trinajstić information content (AvgIpc) is 2.90. The van der Waals surface area contributed by atoms with Gasteiger partial charge in [0, 0.05) is 44.9 Å². The standard InChI is InChI=1S/C16H32N2O/c1-4-14(2)15-12-18(10-7-11-19-3)16(13-17-15)8-5-6-9-16/h14-15,17H,4-13H2,1-3H3. The Balaban J connectivity index is 1.97. The Bertz CT molecular complexity index is 263. The summed E-state index contributed by atoms with van der Waals surface area (Å²) in [4.78, 5) is 2.80. The fourth-order valence-electron chi connectivity index (χ4n) is 3.85. The van der Waals surface area contributed by atoms with E-state index in [1.54, 1.807) is 0 Å². The zero-order valence-electron chi connectivity index (χ0n) is 13.1. The van der Waals surface area contributed by atoms with Crippen LogP contribution in [0.5, 0.6) is 0 Å². The maximum Gasteiger partial charge on any atom is 0.0474 e. The monoisotopic (exact) mass is 268 g/mol. The van der Waals surface area contributed by atoms with Crippen molar-refractivity contribution in [3.05, 3.63) is 0 Å². The van der Waals surface area contributed by atoms with Gasteiger partial charge >= 0.3 is 0 Å². The Morgan fingerprint density at radius 3 is 2.74 bits per heavy atom. The molecule has 3 nitrogen and oxygen atoms in total. The fourth-order valence-corrected chi connectivity index (χ4v) is 3.85. The topological polar surface area (TPSA) is 24.5 Å². The Labute approximate surface area is 119 Å². The second-order valence-corrected chi connectivity index (χ2v) is 6.60. The van der Waals surface area contributed by atoms with Gasteiger partial charge in [-0.25, -0.2) is 0 Å². The van der Waals surface area contributed by atoms with Gasteiger partial charge in [-0.2, -0.15) is 0 Å². The molecule has 0 aromatic rings. The predicted octanol–water partition coefficient (Wildman–Crippen LogP) is 2.66. The first kappa shape index (κ1) is 15.3. The maximum atomic E-state index is 5.24. The molecule has 1 saturated heterocycles. The Morgan fingerprint density at radius 2 is 2.11 bits per heavy atom. The van der Waals surface area contributed by atoms with Gasteiger partial charge in [0.2, 0.25) is 0 Å². The molecule has 2 aliphatic rings. The van der Waals surface area contributed by atoms with Crippen molar-refractivity contribution in [2.45, 2.75) is 64.0 Å². The number of hydrogen-bond acceptors (Lipinski definition) is 3. The third kappa shape index (κ3) is 3.50. The minimum atomic E-state index is 0.470. The summed E-state index contributed by atoms with van der Waals surface area (Å²) in [5, 5.41) is 3.85. The minimum absolute atomic E-state index is 0.470. The van der Waals surface area contributed by atoms with Crippen LogP contribution in [0.4, 0.5) is 0 Å². The van der Waals surface area contributed by atoms with Crippen LogP contribution >= 0.6 is 0 Å². The second kappa shape index (κ2) is 7.05. The van der Waals surface area contributed by atoms with Crippen LogP contribution in [0.3, 0.4) is 0 Å². The van der Waals surface area contributed by atoms with Gasteiger partial charge in [-0.05, 0) is 25.2 Å². The van der Waals surface area contributed by atoms with Crippen molar-refractivity contribution in [2.75, 3.05) is 33.4 Å². The van der Waals surface area contributed by atoms with Gasteiger partial charge < -0.3 is 10.1 Å². The van der Waals surface area contributed by atoms with E-state index in [1.165, 1.54) is 58.2 Å². The SMILES string of the molecule is CCC(C)C1CN(CCCOC)C2(CCCC2)CN1. The molecule has 0 aromatic carbocycles. The lowest BCUT2D eigenvalue weighted by molar-refractivity contribution is 0.0243. The number of rotatable bonds is 6. The third-order valence-electron chi connectivity index (χ3n) is 5.42. The molecule has 0 aromatic heterocycles. The summed E-state index contributed by atoms with van der Waals surface area (Å²) in [6, 6.07) is 0.679. The van der Waals surface area contributed by atoms with E-state index < -0.39 is 0 Å². The Hall–Kier alpha value is -0.120. The maximum absolute atomic E-state index is 5.24. The van der Waals surface area contributed by atoms with Gasteiger partial charge in [0.05, 0.1) is 0 Å². The van der Waals surface area contributed by atoms with Crippen LogP contribution in [0.25, 0.3) is 0 Å². The number of ether oxygens (including phenoxy) is 1. The molecule has 1 aliphatic heterocycles. The van der Waals surface area contributed by atoms with Gasteiger partial charge in [-0.3, -0.25) is 4.90 Å². The van der Waals surface area contributed by atoms with E-state index in [4.69, 9.17) is 4.74 Å². The predicted molar refractivity (Wildman–Crippen MR) is 80.5 cm³/mol. The first-order valence-electron chi connectivity index (χ1n) is 8.19. The highest BCUT2D eigenvalue weighted by Gasteiger charge is 2.43. The molecule has 2 fully saturated rings. The van der Waals surface area contributed by atoms with Crippen molar-refractivity contribution in [3.8, 4) is 0 Å². The molecule has 0 amide bonds. The number of hydrogen-bond donors (Lipinski definition) is 1. The Kier molecular flexibility index (Phi) is 5.67. The highest BCUT2D eigenvalue weighted by atomic mass is 16.5. The average molecular weight is 268 g/mol. The summed E-state index contributed by atoms with van der Waals surface area (Å²) >= 11 is 0. The summed E-state index contributed by atoms with van der Waals surface area (Å²) in [6.07, 6.45) is 8.05. The Morgan fingerprint density at radius 1 is 1.37 bits per heavy atom. The van der Waals surface area contributed by atoms with Crippen LogP contribution in [0.15, 0.2) is 0 Å². The fraction of sp³-hybridized carbons (Fsp3) is 1.00. The van der Waals surface area contributed by atoms with Gasteiger partial charge in [-0.15, -0.1) is 0 Å². The molecule has 1 N–H and O–H groups in total. The van der Waals surface area contributed by atoms with Crippen molar-refractivity contribution >= 4 is 0 Å². The van der Waals surface area contributed by atoms with Gasteiger partial charge in [0.15, 0.2) is 0 Å². The van der Waals surface area contributed by atoms with Crippen molar-refractivity contribution in [3.63, 3.8) is 0 Å². The van der Waals surface area contributed by atoms with Crippen molar-refractivity contribution in [1.82, 2.24) is 10.2 Å². The normalized spacial score (nSPS) is 28.9. The van der Waals surface area contributed by atoms with Crippen molar-refractivity contribution < 1.29 is 4.74 Å². The highest BCUT2D eigenvalue weighted by molar-refractivity contribution is 5.02. The van der Waals surface area contributed by atoms with E-state index in [0.717, 1.165) is 12.5 Å². The summed E-state index contributed by atoms with van der Waals surface area (Å²) in [5.74, 6) is 0.781. The molecule has 112 valence electrons. The molecule has 19 heavy (non-hydrogen) atoms. The molecule has 2 atom stereocenters. The summed E-state index contributed by atoms with van der Waals surface area (Å²) in [7, 11) is 1.81. The van der Waals surface area contributed by atoms with Crippen LogP contribution in [0.1, 0.15) is 52.4 Å². The molecule has 0 radical (unpaired) electrons. The van der Waals surface area contributed by atoms with E-state index in [1.807, 2.05) is 7.11 Å². The number of nitrogens with one attached hydrogen (secondary N) is 1. The minimum Gasteiger partial charge on any atom is -0.385 e. The lowest BCUT2D eigenvalue weighted by atomic mass is 9.87. The van der Waals surface area contributed by atoms with Crippen molar-refractivity contribution in [1.29, 1.82) is 0 Å². The van der Waals surface area contributed by atoms with Crippen LogP contribution in [0.2, 0.25) is 0 Å². The summed E-state index contributed by atoms with van der Waals surface area (Å²) < 4.78 is 5.24. The molecule has 2 rings (SSSR count). The van der Waals surface area contributed by atoms with Gasteiger partial charge in [-0.1, -0.05) is 33.1 Å². The largest absolute Gasteiger partial charge is 0.385 e. The van der Waals surface area contributed by atoms with Gasteiger partial charge in [0.1, 0.15) is 0 Å². The quantitative estimate of drug-likeness (QED) is 0.750. The molecule has 2 unspecified atom stereocenters. The zero-order valence-corrected chi connectivity index (χ0v) is 13.1. The molecule has 3 heteroatoms. The number of piperazine rings is 1. The van der Waals surface area contributed by atoms with E-state index in [9.17, 15) is 0 Å². The second-order valence-electron chi connectivity index (χ2n) is 6.60. The summed E-state index contributed by atoms with van der Waals surface area (Å²) in [6.45, 7) is 9.24. The molecule has 1 heterocycles. The molecule has 1 saturated carbocycles. The van der Waals surface area contributed by atoms with Crippen LogP contribution in [0, 0.1) is 5.92 Å². The van der Waals surface area contributed by atoms with Crippen molar-refractivity contribution in [2.24, 2.45) is 5.92 Å². The van der Waals surface area contributed by atoms with Gasteiger partial charge in [0.25, 0.3) is 0 Å². The zero-order chi connectivity index (χ0) is 13.7. The molecular weight excluding hydrogens is 236 g/mol. The molecule has 1 spiro atoms. The lowest BCUT2D eigenvalue weighted by Crippen LogP contribution is -2.64. The van der Waals surface area contributed by atoms with Crippen LogP contribution < -0.4 is 5.32 Å². The van der Waals surface area contributed by atoms with E-state index >= 15 is 0 Å². The third-order valence-corrected chi connectivity index (χ3v) is 5.42. The number of nitrogens with zero attached hydrogens (tertiary/aromatic N) is 1. The number of methoxy groups -OCH3 is 1. The molecule has 1 aliphatic carbocycles. The van der Waals surface area contributed by atoms with Crippen LogP contribution in [-0.2, 0) is 4.74 Å². The first-order valence-corrected chi connectivity index (χ1v) is 8.19. The summed E-state index contributed by atoms with van der Waals surface area (Å²) in [5.41, 5.74) is 0.470. The smallest absolute Gasteiger partial charge is 0.0474 e. The molecule has 0 bridgehead atoms. The highest BCUT2D eigenvalue weighted by Crippen LogP contribution is 2.37. The van der Waals surface area contributed by atoms with E-state index in [-0.39, 0.29) is 0 Å². The van der Waals surface area contributed by atoms with Crippen LogP contribution in [-0.4, -0.2) is 49.8 Å².